The number of hydrogen-bond donors (Lipinski definition) is 0. The molecule has 1 aliphatic rings. The zero-order chi connectivity index (χ0) is 7.78. The first kappa shape index (κ1) is 11.6. The van der Waals surface area contributed by atoms with E-state index < -0.39 is 0 Å². The van der Waals surface area contributed by atoms with Gasteiger partial charge in [0, 0.05) is 0 Å². The minimum atomic E-state index is 0. The van der Waals surface area contributed by atoms with Crippen LogP contribution in [0.3, 0.4) is 0 Å². The van der Waals surface area contributed by atoms with Gasteiger partial charge in [0.15, 0.2) is 0 Å². The summed E-state index contributed by atoms with van der Waals surface area (Å²) in [5, 5.41) is 0. The second kappa shape index (κ2) is 8.68. The van der Waals surface area contributed by atoms with Gasteiger partial charge in [0.1, 0.15) is 0 Å². The van der Waals surface area contributed by atoms with E-state index in [-0.39, 0.29) is 30.5 Å². The van der Waals surface area contributed by atoms with Crippen LogP contribution in [0.5, 0.6) is 0 Å². The number of benzene rings is 1. The zero-order valence-electron chi connectivity index (χ0n) is 9.90. The minimum absolute atomic E-state index is 0. The Labute approximate surface area is 97.6 Å². The van der Waals surface area contributed by atoms with Gasteiger partial charge >= 0.3 is 26.2 Å². The van der Waals surface area contributed by atoms with Crippen LogP contribution < -0.4 is 0 Å². The summed E-state index contributed by atoms with van der Waals surface area (Å²) < 4.78 is 0. The Balaban J connectivity index is -0.0000000642. The molecule has 1 aliphatic carbocycles. The van der Waals surface area contributed by atoms with Crippen LogP contribution >= 0.6 is 0 Å². The van der Waals surface area contributed by atoms with Gasteiger partial charge in [-0.05, 0) is 6.42 Å². The molecule has 0 saturated carbocycles. The van der Waals surface area contributed by atoms with Gasteiger partial charge < -0.3 is 4.28 Å². The van der Waals surface area contributed by atoms with E-state index in [0.29, 0.717) is 0 Å². The third-order valence-electron chi connectivity index (χ3n) is 1.26. The molecule has 0 unspecified atom stereocenters. The Morgan fingerprint density at radius 1 is 0.917 bits per heavy atom. The molecule has 0 aliphatic heterocycles. The van der Waals surface area contributed by atoms with Crippen LogP contribution in [0.25, 0.3) is 0 Å². The summed E-state index contributed by atoms with van der Waals surface area (Å²) in [4.78, 5) is 0. The SMILES string of the molecule is C1=CCC=C1.[H-].[H-].[H-].[Zr+4].[c-]1ccccc1. The fourth-order valence-corrected chi connectivity index (χ4v) is 0.735. The first-order valence-electron chi connectivity index (χ1n) is 3.73. The third kappa shape index (κ3) is 6.30. The smallest absolute Gasteiger partial charge is 1.00 e. The molecule has 1 aromatic carbocycles. The van der Waals surface area contributed by atoms with Crippen molar-refractivity contribution in [2.75, 3.05) is 0 Å². The van der Waals surface area contributed by atoms with Crippen LogP contribution in [0.15, 0.2) is 54.6 Å². The van der Waals surface area contributed by atoms with Crippen molar-refractivity contribution in [3.8, 4) is 0 Å². The Kier molecular flexibility index (Phi) is 8.38. The summed E-state index contributed by atoms with van der Waals surface area (Å²) in [7, 11) is 0. The van der Waals surface area contributed by atoms with Gasteiger partial charge in [-0.25, -0.2) is 0 Å². The Hall–Kier alpha value is -0.417. The second-order valence-electron chi connectivity index (χ2n) is 2.17. The van der Waals surface area contributed by atoms with Crippen LogP contribution in [-0.2, 0) is 26.2 Å². The van der Waals surface area contributed by atoms with E-state index in [4.69, 9.17) is 0 Å². The first-order chi connectivity index (χ1) is 5.50. The van der Waals surface area contributed by atoms with Crippen molar-refractivity contribution in [3.05, 3.63) is 60.7 Å². The molecule has 0 N–H and O–H groups in total. The van der Waals surface area contributed by atoms with E-state index in [1.165, 1.54) is 0 Å². The number of hydrogen-bond acceptors (Lipinski definition) is 0. The Bertz CT molecular complexity index is 198. The monoisotopic (exact) mass is 236 g/mol. The molecule has 0 amide bonds. The average Bonchev–Trinajstić information content (AvgIpc) is 2.64. The van der Waals surface area contributed by atoms with E-state index in [0.717, 1.165) is 6.42 Å². The molecular weight excluding hydrogens is 223 g/mol. The maximum absolute atomic E-state index is 2.89. The van der Waals surface area contributed by atoms with Crippen molar-refractivity contribution in [2.45, 2.75) is 6.42 Å². The second-order valence-corrected chi connectivity index (χ2v) is 2.17. The third-order valence-corrected chi connectivity index (χ3v) is 1.26. The zero-order valence-corrected chi connectivity index (χ0v) is 9.36. The van der Waals surface area contributed by atoms with Crippen LogP contribution in [0.2, 0.25) is 0 Å². The van der Waals surface area contributed by atoms with Gasteiger partial charge in [0.25, 0.3) is 0 Å². The Morgan fingerprint density at radius 3 is 1.67 bits per heavy atom. The summed E-state index contributed by atoms with van der Waals surface area (Å²) in [5.74, 6) is 0. The van der Waals surface area contributed by atoms with Crippen molar-refractivity contribution in [1.29, 1.82) is 0 Å². The molecular formula is C11H14Zr. The van der Waals surface area contributed by atoms with Crippen molar-refractivity contribution in [3.63, 3.8) is 0 Å². The largest absolute Gasteiger partial charge is 4.00 e. The minimum Gasteiger partial charge on any atom is -1.00 e. The quantitative estimate of drug-likeness (QED) is 0.607. The molecule has 1 aromatic rings. The molecule has 0 radical (unpaired) electrons. The summed E-state index contributed by atoms with van der Waals surface area (Å²) >= 11 is 0. The maximum atomic E-state index is 2.89. The fraction of sp³-hybridized carbons (Fsp3) is 0.0909. The van der Waals surface area contributed by atoms with E-state index in [1.54, 1.807) is 0 Å². The summed E-state index contributed by atoms with van der Waals surface area (Å²) in [6.07, 6.45) is 9.50. The molecule has 0 bridgehead atoms. The van der Waals surface area contributed by atoms with Gasteiger partial charge in [-0.2, -0.15) is 36.4 Å². The van der Waals surface area contributed by atoms with E-state index in [2.05, 4.69) is 30.4 Å². The van der Waals surface area contributed by atoms with Gasteiger partial charge in [0.05, 0.1) is 0 Å². The van der Waals surface area contributed by atoms with Crippen LogP contribution in [0.1, 0.15) is 10.7 Å². The van der Waals surface area contributed by atoms with Crippen molar-refractivity contribution >= 4 is 0 Å². The molecule has 0 heterocycles. The van der Waals surface area contributed by atoms with E-state index in [9.17, 15) is 0 Å². The van der Waals surface area contributed by atoms with Gasteiger partial charge in [-0.15, -0.1) is 0 Å². The number of rotatable bonds is 0. The molecule has 12 heavy (non-hydrogen) atoms. The predicted molar refractivity (Wildman–Crippen MR) is 51.5 cm³/mol. The van der Waals surface area contributed by atoms with Gasteiger partial charge in [0.2, 0.25) is 0 Å². The molecule has 0 saturated heterocycles. The average molecular weight is 237 g/mol. The van der Waals surface area contributed by atoms with Crippen LogP contribution in [0, 0.1) is 6.07 Å². The molecule has 0 fully saturated rings. The van der Waals surface area contributed by atoms with E-state index >= 15 is 0 Å². The predicted octanol–water partition coefficient (Wildman–Crippen LogP) is 3.32. The molecule has 1 heteroatoms. The topological polar surface area (TPSA) is 0 Å². The fourth-order valence-electron chi connectivity index (χ4n) is 0.735. The first-order valence-corrected chi connectivity index (χ1v) is 3.73. The van der Waals surface area contributed by atoms with Crippen LogP contribution in [-0.4, -0.2) is 0 Å². The summed E-state index contributed by atoms with van der Waals surface area (Å²) in [5.41, 5.74) is 0. The van der Waals surface area contributed by atoms with Gasteiger partial charge in [-0.3, -0.25) is 0 Å². The maximum Gasteiger partial charge on any atom is 4.00 e. The standard InChI is InChI=1S/C6H5.C5H6.Zr.3H/c1-2-4-6-5-3-1;1-2-4-5-3-1;;;;/h1-5H;1-4H,5H2;;;;/q-1;;+4;3*-1. The molecule has 0 spiro atoms. The summed E-state index contributed by atoms with van der Waals surface area (Å²) in [6, 6.07) is 12.5. The summed E-state index contributed by atoms with van der Waals surface area (Å²) in [6.45, 7) is 0. The van der Waals surface area contributed by atoms with Gasteiger partial charge in [-0.1, -0.05) is 24.3 Å². The molecule has 0 atom stereocenters. The van der Waals surface area contributed by atoms with Crippen LogP contribution in [0.4, 0.5) is 0 Å². The van der Waals surface area contributed by atoms with E-state index in [1.807, 2.05) is 30.3 Å². The van der Waals surface area contributed by atoms with Crippen molar-refractivity contribution in [1.82, 2.24) is 0 Å². The number of allylic oxidation sites excluding steroid dienone is 4. The van der Waals surface area contributed by atoms with Crippen molar-refractivity contribution in [2.24, 2.45) is 0 Å². The molecule has 62 valence electrons. The molecule has 2 rings (SSSR count). The molecule has 0 nitrogen and oxygen atoms in total. The molecule has 0 aromatic heterocycles. The van der Waals surface area contributed by atoms with Crippen molar-refractivity contribution < 1.29 is 30.5 Å². The Morgan fingerprint density at radius 2 is 1.50 bits per heavy atom. The normalized spacial score (nSPS) is 11.3.